The van der Waals surface area contributed by atoms with Crippen molar-refractivity contribution in [2.24, 2.45) is 11.8 Å². The molecule has 0 aromatic rings. The Bertz CT molecular complexity index is 628. The molecular weight excluding hydrogens is 487 g/mol. The lowest BCUT2D eigenvalue weighted by Crippen LogP contribution is -2.57. The number of fused-ring (bicyclic) bond motifs is 5. The average Bonchev–Trinajstić information content (AvgIpc) is 2.76. The molecule has 2 fully saturated rings. The van der Waals surface area contributed by atoms with Crippen molar-refractivity contribution >= 4 is 110 Å². The molecule has 3 rings (SSSR count). The molecule has 1 saturated heterocycles. The molecule has 1 N–H and O–H groups in total. The molecule has 0 radical (unpaired) electrons. The van der Waals surface area contributed by atoms with E-state index in [0.717, 1.165) is 0 Å². The maximum absolute atomic E-state index is 12.3. The lowest BCUT2D eigenvalue weighted by atomic mass is 9.79. The highest BCUT2D eigenvalue weighted by atomic mass is 35.6. The van der Waals surface area contributed by atoms with Crippen molar-refractivity contribution in [2.45, 2.75) is 23.7 Å². The lowest BCUT2D eigenvalue weighted by Gasteiger charge is -2.41. The number of ether oxygens (including phenoxy) is 1. The number of allylic oxidation sites excluding steroid dienone is 2. The number of cyclic esters (lactones) is 1. The van der Waals surface area contributed by atoms with Crippen LogP contribution in [0.2, 0.25) is 0 Å². The summed E-state index contributed by atoms with van der Waals surface area (Å²) in [6, 6.07) is 0. The van der Waals surface area contributed by atoms with Gasteiger partial charge in [0.1, 0.15) is 9.75 Å². The molecule has 2 aliphatic carbocycles. The molecule has 0 spiro atoms. The number of aliphatic hydroxyl groups is 1. The number of carbonyl (C=O) groups excluding carboxylic acids is 1. The van der Waals surface area contributed by atoms with Crippen LogP contribution in [-0.2, 0) is 9.53 Å². The van der Waals surface area contributed by atoms with Gasteiger partial charge in [-0.05, 0) is 0 Å². The minimum Gasteiger partial charge on any atom is -0.428 e. The zero-order valence-electron chi connectivity index (χ0n) is 9.82. The molecule has 22 heavy (non-hydrogen) atoms. The standard InChI is InChI=1S/C10H3Cl9O3/c11-3-4(12)7(14)2-1(6(3,13)9(7,15)16)5(20)22-8(2,21)10(17,18)19/h1-2,21H. The first kappa shape index (κ1) is 18.6. The first-order valence-electron chi connectivity index (χ1n) is 5.52. The van der Waals surface area contributed by atoms with E-state index in [1.807, 2.05) is 0 Å². The number of halogens is 9. The monoisotopic (exact) mass is 486 g/mol. The topological polar surface area (TPSA) is 46.5 Å². The van der Waals surface area contributed by atoms with E-state index < -0.39 is 41.5 Å². The second-order valence-electron chi connectivity index (χ2n) is 5.20. The molecule has 3 aliphatic rings. The summed E-state index contributed by atoms with van der Waals surface area (Å²) >= 11 is 55.0. The Hall–Kier alpha value is 1.78. The van der Waals surface area contributed by atoms with Crippen molar-refractivity contribution in [1.82, 2.24) is 0 Å². The third-order valence-electron chi connectivity index (χ3n) is 4.27. The Morgan fingerprint density at radius 1 is 1.00 bits per heavy atom. The third-order valence-corrected chi connectivity index (χ3v) is 9.34. The Balaban J connectivity index is 2.35. The normalized spacial score (nSPS) is 49.6. The van der Waals surface area contributed by atoms with E-state index in [0.29, 0.717) is 0 Å². The van der Waals surface area contributed by atoms with Crippen molar-refractivity contribution in [3.63, 3.8) is 0 Å². The highest BCUT2D eigenvalue weighted by Crippen LogP contribution is 2.80. The number of carbonyl (C=O) groups is 1. The summed E-state index contributed by atoms with van der Waals surface area (Å²) in [5, 5.41) is 10.2. The average molecular weight is 490 g/mol. The van der Waals surface area contributed by atoms with Crippen LogP contribution in [0.25, 0.3) is 0 Å². The summed E-state index contributed by atoms with van der Waals surface area (Å²) in [6.07, 6.45) is 0. The predicted octanol–water partition coefficient (Wildman–Crippen LogP) is 4.68. The molecule has 0 amide bonds. The molecule has 2 bridgehead atoms. The molecule has 5 atom stereocenters. The Labute approximate surface area is 169 Å². The SMILES string of the molecule is O=C1OC(O)(C(Cl)(Cl)Cl)C2C1C1(Cl)C(Cl)=C(Cl)C2(Cl)C1(Cl)Cl. The van der Waals surface area contributed by atoms with E-state index in [-0.39, 0.29) is 10.1 Å². The summed E-state index contributed by atoms with van der Waals surface area (Å²) in [7, 11) is 0. The zero-order valence-corrected chi connectivity index (χ0v) is 16.6. The molecule has 1 heterocycles. The number of rotatable bonds is 0. The van der Waals surface area contributed by atoms with E-state index >= 15 is 0 Å². The largest absolute Gasteiger partial charge is 0.428 e. The van der Waals surface area contributed by atoms with Gasteiger partial charge in [0.25, 0.3) is 9.58 Å². The number of hydrogen-bond acceptors (Lipinski definition) is 3. The summed E-state index contributed by atoms with van der Waals surface area (Å²) < 4.78 is 0.350. The van der Waals surface area contributed by atoms with Crippen molar-refractivity contribution in [3.8, 4) is 0 Å². The fraction of sp³-hybridized carbons (Fsp3) is 0.700. The quantitative estimate of drug-likeness (QED) is 0.397. The van der Waals surface area contributed by atoms with E-state index in [2.05, 4.69) is 0 Å². The van der Waals surface area contributed by atoms with E-state index in [4.69, 9.17) is 109 Å². The smallest absolute Gasteiger partial charge is 0.314 e. The summed E-state index contributed by atoms with van der Waals surface area (Å²) in [4.78, 5) is 8.33. The summed E-state index contributed by atoms with van der Waals surface area (Å²) in [5.74, 6) is -6.46. The fourth-order valence-corrected chi connectivity index (χ4v) is 6.74. The van der Waals surface area contributed by atoms with Crippen molar-refractivity contribution < 1.29 is 14.6 Å². The van der Waals surface area contributed by atoms with Gasteiger partial charge in [0.15, 0.2) is 4.33 Å². The number of alkyl halides is 7. The minimum absolute atomic E-state index is 0.220. The molecule has 1 aliphatic heterocycles. The predicted molar refractivity (Wildman–Crippen MR) is 88.6 cm³/mol. The highest BCUT2D eigenvalue weighted by molar-refractivity contribution is 6.69. The molecular formula is C10H3Cl9O3. The molecule has 0 aromatic carbocycles. The van der Waals surface area contributed by atoms with E-state index in [9.17, 15) is 9.90 Å². The van der Waals surface area contributed by atoms with Crippen LogP contribution in [0, 0.1) is 11.8 Å². The van der Waals surface area contributed by atoms with E-state index in [1.165, 1.54) is 0 Å². The summed E-state index contributed by atoms with van der Waals surface area (Å²) in [6.45, 7) is 0. The van der Waals surface area contributed by atoms with Crippen LogP contribution in [-0.4, -0.2) is 34.7 Å². The Kier molecular flexibility index (Phi) is 3.99. The number of hydrogen-bond donors (Lipinski definition) is 1. The molecule has 0 aromatic heterocycles. The second kappa shape index (κ2) is 4.73. The summed E-state index contributed by atoms with van der Waals surface area (Å²) in [5.41, 5.74) is 0. The molecule has 124 valence electrons. The lowest BCUT2D eigenvalue weighted by molar-refractivity contribution is -0.201. The van der Waals surface area contributed by atoms with Gasteiger partial charge >= 0.3 is 5.97 Å². The van der Waals surface area contributed by atoms with Crippen LogP contribution in [0.15, 0.2) is 10.1 Å². The van der Waals surface area contributed by atoms with Crippen LogP contribution in [0.5, 0.6) is 0 Å². The van der Waals surface area contributed by atoms with Crippen molar-refractivity contribution in [3.05, 3.63) is 10.1 Å². The van der Waals surface area contributed by atoms with Gasteiger partial charge in [-0.3, -0.25) is 4.79 Å². The van der Waals surface area contributed by atoms with Gasteiger partial charge in [-0.2, -0.15) is 0 Å². The van der Waals surface area contributed by atoms with Gasteiger partial charge in [-0.25, -0.2) is 0 Å². The van der Waals surface area contributed by atoms with Crippen LogP contribution in [0.1, 0.15) is 0 Å². The van der Waals surface area contributed by atoms with Gasteiger partial charge in [-0.1, -0.05) is 81.2 Å². The van der Waals surface area contributed by atoms with Gasteiger partial charge in [-0.15, -0.1) is 23.2 Å². The van der Waals surface area contributed by atoms with Gasteiger partial charge in [0.05, 0.1) is 21.9 Å². The van der Waals surface area contributed by atoms with Crippen LogP contribution in [0.3, 0.4) is 0 Å². The Morgan fingerprint density at radius 3 is 1.91 bits per heavy atom. The molecule has 12 heteroatoms. The first-order valence-corrected chi connectivity index (χ1v) is 8.93. The van der Waals surface area contributed by atoms with Crippen LogP contribution in [0.4, 0.5) is 0 Å². The van der Waals surface area contributed by atoms with E-state index in [1.54, 1.807) is 0 Å². The van der Waals surface area contributed by atoms with Crippen molar-refractivity contribution in [2.75, 3.05) is 0 Å². The van der Waals surface area contributed by atoms with Gasteiger partial charge < -0.3 is 9.84 Å². The van der Waals surface area contributed by atoms with Gasteiger partial charge in [0.2, 0.25) is 0 Å². The maximum Gasteiger partial charge on any atom is 0.314 e. The fourth-order valence-electron chi connectivity index (χ4n) is 3.29. The molecule has 3 nitrogen and oxygen atoms in total. The van der Waals surface area contributed by atoms with Crippen LogP contribution < -0.4 is 0 Å². The molecule has 5 unspecified atom stereocenters. The number of esters is 1. The molecule has 1 saturated carbocycles. The zero-order chi connectivity index (χ0) is 17.1. The van der Waals surface area contributed by atoms with Crippen molar-refractivity contribution in [1.29, 1.82) is 0 Å². The van der Waals surface area contributed by atoms with Gasteiger partial charge in [0, 0.05) is 0 Å². The Morgan fingerprint density at radius 2 is 1.45 bits per heavy atom. The van der Waals surface area contributed by atoms with Crippen LogP contribution >= 0.6 is 104 Å². The second-order valence-corrected chi connectivity index (χ2v) is 10.8. The third kappa shape index (κ3) is 1.64. The maximum atomic E-state index is 12.3. The highest BCUT2D eigenvalue weighted by Gasteiger charge is 2.91. The first-order chi connectivity index (χ1) is 9.69. The minimum atomic E-state index is -2.65.